The minimum atomic E-state index is -0.108. The molecular weight excluding hydrogens is 572 g/mol. The van der Waals surface area contributed by atoms with E-state index < -0.39 is 0 Å². The predicted octanol–water partition coefficient (Wildman–Crippen LogP) is 12.1. The van der Waals surface area contributed by atoms with E-state index in [0.29, 0.717) is 5.89 Å². The summed E-state index contributed by atoms with van der Waals surface area (Å²) in [6.45, 7) is 4.67. The maximum atomic E-state index is 6.28. The topological polar surface area (TPSA) is 29.3 Å². The molecule has 1 aliphatic rings. The van der Waals surface area contributed by atoms with Gasteiger partial charge in [-0.25, -0.2) is 4.98 Å². The monoisotopic (exact) mass is 604 g/mol. The van der Waals surface area contributed by atoms with Gasteiger partial charge >= 0.3 is 0 Å². The summed E-state index contributed by atoms with van der Waals surface area (Å²) in [5, 5.41) is 2.18. The van der Waals surface area contributed by atoms with Crippen LogP contribution in [0.1, 0.15) is 25.0 Å². The highest BCUT2D eigenvalue weighted by Gasteiger charge is 2.35. The summed E-state index contributed by atoms with van der Waals surface area (Å²) in [5.41, 5.74) is 13.5. The van der Waals surface area contributed by atoms with Crippen LogP contribution in [0.3, 0.4) is 0 Å². The van der Waals surface area contributed by atoms with Crippen molar-refractivity contribution >= 4 is 38.9 Å². The van der Waals surface area contributed by atoms with Crippen molar-refractivity contribution in [1.82, 2.24) is 4.98 Å². The van der Waals surface area contributed by atoms with Crippen molar-refractivity contribution in [2.75, 3.05) is 4.90 Å². The Bertz CT molecular complexity index is 2440. The molecule has 7 aromatic carbocycles. The molecule has 1 heterocycles. The third-order valence-electron chi connectivity index (χ3n) is 9.68. The molecule has 8 aromatic rings. The quantitative estimate of drug-likeness (QED) is 0.196. The van der Waals surface area contributed by atoms with E-state index in [4.69, 9.17) is 9.40 Å². The molecular formula is C44H32N2O. The summed E-state index contributed by atoms with van der Waals surface area (Å²) >= 11 is 0. The van der Waals surface area contributed by atoms with Crippen LogP contribution in [0.4, 0.5) is 17.1 Å². The van der Waals surface area contributed by atoms with Crippen molar-refractivity contribution in [2.45, 2.75) is 19.3 Å². The van der Waals surface area contributed by atoms with Crippen LogP contribution in [0.25, 0.3) is 55.6 Å². The first-order valence-corrected chi connectivity index (χ1v) is 16.1. The van der Waals surface area contributed by atoms with Gasteiger partial charge in [-0.2, -0.15) is 0 Å². The highest BCUT2D eigenvalue weighted by Crippen LogP contribution is 2.51. The second kappa shape index (κ2) is 10.6. The number of anilines is 3. The van der Waals surface area contributed by atoms with Crippen LogP contribution in [0.15, 0.2) is 162 Å². The van der Waals surface area contributed by atoms with Crippen LogP contribution < -0.4 is 4.90 Å². The predicted molar refractivity (Wildman–Crippen MR) is 195 cm³/mol. The number of benzene rings is 7. The van der Waals surface area contributed by atoms with Gasteiger partial charge in [0.2, 0.25) is 5.89 Å². The van der Waals surface area contributed by atoms with Crippen LogP contribution in [0.5, 0.6) is 0 Å². The van der Waals surface area contributed by atoms with E-state index in [1.165, 1.54) is 33.4 Å². The number of rotatable bonds is 5. The minimum absolute atomic E-state index is 0.108. The van der Waals surface area contributed by atoms with E-state index in [2.05, 4.69) is 140 Å². The summed E-state index contributed by atoms with van der Waals surface area (Å²) in [6, 6.07) is 56.1. The molecule has 3 nitrogen and oxygen atoms in total. The van der Waals surface area contributed by atoms with Crippen LogP contribution in [0.2, 0.25) is 0 Å². The summed E-state index contributed by atoms with van der Waals surface area (Å²) in [6.07, 6.45) is 0. The first-order valence-electron chi connectivity index (χ1n) is 16.1. The van der Waals surface area contributed by atoms with Gasteiger partial charge in [0, 0.05) is 33.4 Å². The average Bonchev–Trinajstić information content (AvgIpc) is 3.67. The van der Waals surface area contributed by atoms with E-state index >= 15 is 0 Å². The lowest BCUT2D eigenvalue weighted by atomic mass is 9.82. The second-order valence-corrected chi connectivity index (χ2v) is 12.9. The fourth-order valence-corrected chi connectivity index (χ4v) is 7.28. The van der Waals surface area contributed by atoms with Crippen molar-refractivity contribution < 1.29 is 4.42 Å². The Labute approximate surface area is 274 Å². The van der Waals surface area contributed by atoms with Crippen molar-refractivity contribution in [2.24, 2.45) is 0 Å². The molecule has 0 aliphatic heterocycles. The normalized spacial score (nSPS) is 13.1. The van der Waals surface area contributed by atoms with Gasteiger partial charge in [-0.1, -0.05) is 117 Å². The van der Waals surface area contributed by atoms with Gasteiger partial charge in [0.1, 0.15) is 5.52 Å². The van der Waals surface area contributed by atoms with Crippen LogP contribution >= 0.6 is 0 Å². The third kappa shape index (κ3) is 4.46. The zero-order valence-corrected chi connectivity index (χ0v) is 26.3. The van der Waals surface area contributed by atoms with E-state index in [-0.39, 0.29) is 5.41 Å². The van der Waals surface area contributed by atoms with Crippen LogP contribution in [-0.2, 0) is 5.41 Å². The maximum absolute atomic E-state index is 6.28. The summed E-state index contributed by atoms with van der Waals surface area (Å²) < 4.78 is 6.28. The Balaban J connectivity index is 1.25. The average molecular weight is 605 g/mol. The lowest BCUT2D eigenvalue weighted by Gasteiger charge is -2.28. The molecule has 0 saturated carbocycles. The van der Waals surface area contributed by atoms with Gasteiger partial charge in [-0.3, -0.25) is 0 Å². The molecule has 1 aliphatic carbocycles. The van der Waals surface area contributed by atoms with Crippen molar-refractivity contribution in [3.8, 4) is 33.7 Å². The van der Waals surface area contributed by atoms with E-state index in [0.717, 1.165) is 44.5 Å². The van der Waals surface area contributed by atoms with Gasteiger partial charge in [0.25, 0.3) is 0 Å². The second-order valence-electron chi connectivity index (χ2n) is 12.9. The van der Waals surface area contributed by atoms with Gasteiger partial charge < -0.3 is 9.32 Å². The molecule has 0 N–H and O–H groups in total. The highest BCUT2D eigenvalue weighted by molar-refractivity contribution is 6.06. The number of nitrogens with zero attached hydrogens (tertiary/aromatic N) is 2. The van der Waals surface area contributed by atoms with Crippen molar-refractivity contribution in [3.05, 3.63) is 169 Å². The first-order chi connectivity index (χ1) is 23.0. The van der Waals surface area contributed by atoms with Gasteiger partial charge in [0.15, 0.2) is 5.58 Å². The third-order valence-corrected chi connectivity index (χ3v) is 9.68. The number of aromatic nitrogens is 1. The molecule has 3 heteroatoms. The molecule has 1 aromatic heterocycles. The molecule has 224 valence electrons. The van der Waals surface area contributed by atoms with Gasteiger partial charge in [-0.05, 0) is 93.4 Å². The van der Waals surface area contributed by atoms with E-state index in [9.17, 15) is 0 Å². The highest BCUT2D eigenvalue weighted by atomic mass is 16.3. The summed E-state index contributed by atoms with van der Waals surface area (Å²) in [5.74, 6) is 0.631. The van der Waals surface area contributed by atoms with Crippen LogP contribution in [-0.4, -0.2) is 4.98 Å². The Morgan fingerprint density at radius 1 is 0.511 bits per heavy atom. The van der Waals surface area contributed by atoms with Crippen molar-refractivity contribution in [1.29, 1.82) is 0 Å². The molecule has 0 saturated heterocycles. The fourth-order valence-electron chi connectivity index (χ4n) is 7.28. The molecule has 0 spiro atoms. The minimum Gasteiger partial charge on any atom is -0.436 e. The zero-order chi connectivity index (χ0) is 31.5. The smallest absolute Gasteiger partial charge is 0.227 e. The largest absolute Gasteiger partial charge is 0.436 e. The summed E-state index contributed by atoms with van der Waals surface area (Å²) in [4.78, 5) is 7.39. The zero-order valence-electron chi connectivity index (χ0n) is 26.3. The van der Waals surface area contributed by atoms with E-state index in [1.807, 2.05) is 36.4 Å². The molecule has 0 radical (unpaired) electrons. The standard InChI is InChI=1S/C44H32N2O/c1-44(2)39-19-10-9-18-36(39)37-24-23-35(28-40(37)44)46(33-17-11-16-32(26-33)29-12-5-3-6-13-29)34-22-20-30-21-25-41-42(38(30)27-34)45-43(47-41)31-14-7-4-8-15-31/h3-28H,1-2H3. The Hall–Kier alpha value is -5.93. The van der Waals surface area contributed by atoms with Crippen LogP contribution in [0, 0.1) is 0 Å². The Morgan fingerprint density at radius 3 is 1.98 bits per heavy atom. The van der Waals surface area contributed by atoms with Gasteiger partial charge in [-0.15, -0.1) is 0 Å². The molecule has 9 rings (SSSR count). The lowest BCUT2D eigenvalue weighted by molar-refractivity contribution is 0.620. The Kier molecular flexibility index (Phi) is 6.16. The molecule has 0 bridgehead atoms. The fraction of sp³-hybridized carbons (Fsp3) is 0.0682. The molecule has 47 heavy (non-hydrogen) atoms. The number of oxazole rings is 1. The number of fused-ring (bicyclic) bond motifs is 6. The summed E-state index contributed by atoms with van der Waals surface area (Å²) in [7, 11) is 0. The number of hydrogen-bond donors (Lipinski definition) is 0. The lowest BCUT2D eigenvalue weighted by Crippen LogP contribution is -2.16. The Morgan fingerprint density at radius 2 is 1.15 bits per heavy atom. The van der Waals surface area contributed by atoms with E-state index in [1.54, 1.807) is 0 Å². The molecule has 0 fully saturated rings. The maximum Gasteiger partial charge on any atom is 0.227 e. The van der Waals surface area contributed by atoms with Gasteiger partial charge in [0.05, 0.1) is 0 Å². The SMILES string of the molecule is CC1(C)c2ccccc2-c2ccc(N(c3cccc(-c4ccccc4)c3)c3ccc4ccc5oc(-c6ccccc6)nc5c4c3)cc21. The number of hydrogen-bond acceptors (Lipinski definition) is 3. The van der Waals surface area contributed by atoms with Crippen molar-refractivity contribution in [3.63, 3.8) is 0 Å². The first kappa shape index (κ1) is 27.4. The molecule has 0 atom stereocenters. The molecule has 0 unspecified atom stereocenters. The molecule has 0 amide bonds.